The Bertz CT molecular complexity index is 1210. The zero-order valence-corrected chi connectivity index (χ0v) is 22.1. The molecule has 0 heterocycles. The molecule has 1 aliphatic carbocycles. The molecule has 1 amide bonds. The number of ether oxygens (including phenoxy) is 2. The molecule has 4 rings (SSSR count). The summed E-state index contributed by atoms with van der Waals surface area (Å²) in [6.45, 7) is 0.502. The number of phenolic OH excluding ortho intramolecular Hbond substituents is 1. The van der Waals surface area contributed by atoms with Gasteiger partial charge in [0.2, 0.25) is 5.91 Å². The summed E-state index contributed by atoms with van der Waals surface area (Å²) in [5, 5.41) is 13.7. The van der Waals surface area contributed by atoms with E-state index in [1.165, 1.54) is 12.1 Å². The molecular formula is C29H31BrFNO4. The molecule has 1 saturated carbocycles. The molecule has 3 aromatic rings. The first-order valence-electron chi connectivity index (χ1n) is 12.1. The molecule has 1 fully saturated rings. The number of phenols is 1. The number of hydrogen-bond donors (Lipinski definition) is 2. The molecule has 1 aliphatic rings. The number of aromatic hydroxyl groups is 1. The lowest BCUT2D eigenvalue weighted by atomic mass is 9.78. The Kier molecular flexibility index (Phi) is 8.19. The number of methoxy groups -OCH3 is 2. The van der Waals surface area contributed by atoms with Crippen molar-refractivity contribution in [1.29, 1.82) is 0 Å². The Morgan fingerprint density at radius 3 is 2.39 bits per heavy atom. The molecule has 0 spiro atoms. The molecule has 5 nitrogen and oxygen atoms in total. The summed E-state index contributed by atoms with van der Waals surface area (Å²) in [5.74, 6) is 0.541. The third kappa shape index (κ3) is 5.67. The van der Waals surface area contributed by atoms with Crippen molar-refractivity contribution in [3.05, 3.63) is 87.6 Å². The van der Waals surface area contributed by atoms with Gasteiger partial charge < -0.3 is 19.9 Å². The van der Waals surface area contributed by atoms with Crippen LogP contribution in [-0.2, 0) is 10.2 Å². The summed E-state index contributed by atoms with van der Waals surface area (Å²) >= 11 is 3.45. The van der Waals surface area contributed by atoms with E-state index in [1.807, 2.05) is 12.1 Å². The molecule has 7 heteroatoms. The first-order valence-corrected chi connectivity index (χ1v) is 12.9. The van der Waals surface area contributed by atoms with Crippen LogP contribution in [0.25, 0.3) is 0 Å². The first-order chi connectivity index (χ1) is 17.3. The highest BCUT2D eigenvalue weighted by molar-refractivity contribution is 9.10. The van der Waals surface area contributed by atoms with E-state index in [-0.39, 0.29) is 29.3 Å². The summed E-state index contributed by atoms with van der Waals surface area (Å²) in [5.41, 5.74) is 2.31. The predicted molar refractivity (Wildman–Crippen MR) is 141 cm³/mol. The van der Waals surface area contributed by atoms with Gasteiger partial charge in [-0.25, -0.2) is 4.39 Å². The maximum Gasteiger partial charge on any atom is 0.220 e. The molecule has 190 valence electrons. The second-order valence-electron chi connectivity index (χ2n) is 9.35. The minimum atomic E-state index is -0.427. The molecule has 1 atom stereocenters. The van der Waals surface area contributed by atoms with E-state index in [2.05, 4.69) is 27.3 Å². The zero-order chi connectivity index (χ0) is 25.7. The molecule has 1 unspecified atom stereocenters. The van der Waals surface area contributed by atoms with Crippen LogP contribution in [0.2, 0.25) is 0 Å². The number of carbonyl (C=O) groups is 1. The third-order valence-corrected chi connectivity index (χ3v) is 7.70. The van der Waals surface area contributed by atoms with E-state index in [0.717, 1.165) is 41.3 Å². The number of amides is 1. The van der Waals surface area contributed by atoms with E-state index in [1.54, 1.807) is 44.6 Å². The van der Waals surface area contributed by atoms with Crippen molar-refractivity contribution in [2.75, 3.05) is 20.8 Å². The third-order valence-electron chi connectivity index (χ3n) is 7.21. The Balaban J connectivity index is 1.56. The van der Waals surface area contributed by atoms with Crippen molar-refractivity contribution in [1.82, 2.24) is 5.32 Å². The molecule has 3 aromatic carbocycles. The molecule has 0 aromatic heterocycles. The number of carbonyl (C=O) groups excluding carboxylic acids is 1. The van der Waals surface area contributed by atoms with E-state index in [0.29, 0.717) is 23.6 Å². The van der Waals surface area contributed by atoms with Gasteiger partial charge in [-0.3, -0.25) is 4.79 Å². The smallest absolute Gasteiger partial charge is 0.220 e. The minimum absolute atomic E-state index is 0.0953. The number of hydrogen-bond acceptors (Lipinski definition) is 4. The van der Waals surface area contributed by atoms with Crippen molar-refractivity contribution in [3.8, 4) is 17.2 Å². The quantitative estimate of drug-likeness (QED) is 0.318. The molecule has 36 heavy (non-hydrogen) atoms. The van der Waals surface area contributed by atoms with Gasteiger partial charge in [0.1, 0.15) is 11.6 Å². The lowest BCUT2D eigenvalue weighted by Crippen LogP contribution is -2.39. The van der Waals surface area contributed by atoms with Gasteiger partial charge in [0.25, 0.3) is 0 Å². The number of benzene rings is 3. The molecule has 0 radical (unpaired) electrons. The van der Waals surface area contributed by atoms with Crippen molar-refractivity contribution in [2.24, 2.45) is 0 Å². The fourth-order valence-electron chi connectivity index (χ4n) is 5.22. The maximum atomic E-state index is 13.6. The number of nitrogens with one attached hydrogen (secondary N) is 1. The monoisotopic (exact) mass is 555 g/mol. The predicted octanol–water partition coefficient (Wildman–Crippen LogP) is 6.46. The van der Waals surface area contributed by atoms with E-state index >= 15 is 0 Å². The van der Waals surface area contributed by atoms with Gasteiger partial charge in [0.15, 0.2) is 11.5 Å². The fourth-order valence-corrected chi connectivity index (χ4v) is 5.60. The Morgan fingerprint density at radius 1 is 1.03 bits per heavy atom. The normalized spacial score (nSPS) is 15.3. The highest BCUT2D eigenvalue weighted by atomic mass is 79.9. The van der Waals surface area contributed by atoms with Crippen LogP contribution in [0, 0.1) is 5.82 Å². The zero-order valence-electron chi connectivity index (χ0n) is 20.5. The van der Waals surface area contributed by atoms with Gasteiger partial charge in [-0.1, -0.05) is 47.0 Å². The van der Waals surface area contributed by atoms with E-state index < -0.39 is 5.92 Å². The second kappa shape index (κ2) is 11.3. The van der Waals surface area contributed by atoms with Gasteiger partial charge in [0, 0.05) is 34.3 Å². The maximum absolute atomic E-state index is 13.6. The van der Waals surface area contributed by atoms with Crippen molar-refractivity contribution in [3.63, 3.8) is 0 Å². The van der Waals surface area contributed by atoms with Crippen molar-refractivity contribution >= 4 is 21.8 Å². The lowest BCUT2D eigenvalue weighted by Gasteiger charge is -2.31. The van der Waals surface area contributed by atoms with Gasteiger partial charge in [-0.05, 0) is 66.4 Å². The van der Waals surface area contributed by atoms with Gasteiger partial charge >= 0.3 is 0 Å². The molecule has 0 aliphatic heterocycles. The Hall–Kier alpha value is -3.06. The lowest BCUT2D eigenvalue weighted by molar-refractivity contribution is -0.121. The van der Waals surface area contributed by atoms with Gasteiger partial charge in [-0.15, -0.1) is 0 Å². The van der Waals surface area contributed by atoms with Crippen LogP contribution in [0.4, 0.5) is 4.39 Å². The van der Waals surface area contributed by atoms with Crippen LogP contribution in [-0.4, -0.2) is 31.8 Å². The summed E-state index contributed by atoms with van der Waals surface area (Å²) in [6.07, 6.45) is 4.24. The summed E-state index contributed by atoms with van der Waals surface area (Å²) < 4.78 is 25.3. The van der Waals surface area contributed by atoms with Gasteiger partial charge in [0.05, 0.1) is 14.2 Å². The van der Waals surface area contributed by atoms with Crippen molar-refractivity contribution < 1.29 is 23.8 Å². The van der Waals surface area contributed by atoms with E-state index in [4.69, 9.17) is 9.47 Å². The average molecular weight is 556 g/mol. The van der Waals surface area contributed by atoms with Crippen molar-refractivity contribution in [2.45, 2.75) is 43.4 Å². The molecule has 0 saturated heterocycles. The van der Waals surface area contributed by atoms with Crippen LogP contribution in [0.1, 0.15) is 54.7 Å². The number of halogens is 2. The summed E-state index contributed by atoms with van der Waals surface area (Å²) in [7, 11) is 3.24. The molecular weight excluding hydrogens is 525 g/mol. The number of rotatable bonds is 9. The average Bonchev–Trinajstić information content (AvgIpc) is 3.38. The summed E-state index contributed by atoms with van der Waals surface area (Å²) in [6, 6.07) is 17.2. The summed E-state index contributed by atoms with van der Waals surface area (Å²) in [4.78, 5) is 13.3. The highest BCUT2D eigenvalue weighted by Crippen LogP contribution is 2.43. The van der Waals surface area contributed by atoms with Crippen LogP contribution in [0.15, 0.2) is 65.1 Å². The fraction of sp³-hybridized carbons (Fsp3) is 0.345. The highest BCUT2D eigenvalue weighted by Gasteiger charge is 2.37. The Labute approximate surface area is 219 Å². The Morgan fingerprint density at radius 2 is 1.72 bits per heavy atom. The van der Waals surface area contributed by atoms with Gasteiger partial charge in [-0.2, -0.15) is 0 Å². The first kappa shape index (κ1) is 26.0. The van der Waals surface area contributed by atoms with Crippen LogP contribution < -0.4 is 14.8 Å². The minimum Gasteiger partial charge on any atom is -0.508 e. The molecule has 2 N–H and O–H groups in total. The van der Waals surface area contributed by atoms with Crippen LogP contribution >= 0.6 is 15.9 Å². The van der Waals surface area contributed by atoms with Crippen LogP contribution in [0.3, 0.4) is 0 Å². The topological polar surface area (TPSA) is 67.8 Å². The molecule has 0 bridgehead atoms. The standard InChI is InChI=1S/C29H31BrFNO4/c1-35-26-12-7-20(15-27(26)36-2)29(13-3-4-14-29)18-32-28(34)17-23(19-5-9-22(31)10-6-19)24-16-21(30)8-11-25(24)33/h5-12,15-16,23,33H,3-4,13-14,17-18H2,1-2H3,(H,32,34). The van der Waals surface area contributed by atoms with E-state index in [9.17, 15) is 14.3 Å². The second-order valence-corrected chi connectivity index (χ2v) is 10.3. The largest absolute Gasteiger partial charge is 0.508 e. The SMILES string of the molecule is COc1ccc(C2(CNC(=O)CC(c3ccc(F)cc3)c3cc(Br)ccc3O)CCCC2)cc1OC. The van der Waals surface area contributed by atoms with Crippen LogP contribution in [0.5, 0.6) is 17.2 Å².